The average Bonchev–Trinajstić information content (AvgIpc) is 2.35. The molecule has 0 radical (unpaired) electrons. The molecule has 0 unspecified atom stereocenters. The van der Waals surface area contributed by atoms with Crippen LogP contribution in [0.15, 0.2) is 28.9 Å². The van der Waals surface area contributed by atoms with Crippen molar-refractivity contribution in [2.24, 2.45) is 0 Å². The maximum absolute atomic E-state index is 13.6. The predicted molar refractivity (Wildman–Crippen MR) is 69.4 cm³/mol. The Kier molecular flexibility index (Phi) is 4.14. The number of hydrogen-bond donors (Lipinski definition) is 1. The van der Waals surface area contributed by atoms with Crippen molar-refractivity contribution in [3.8, 4) is 0 Å². The van der Waals surface area contributed by atoms with Gasteiger partial charge in [-0.05, 0) is 45.7 Å². The molecule has 0 saturated carbocycles. The van der Waals surface area contributed by atoms with E-state index in [4.69, 9.17) is 11.6 Å². The molecule has 1 N–H and O–H groups in total. The van der Waals surface area contributed by atoms with Crippen LogP contribution >= 0.6 is 27.5 Å². The van der Waals surface area contributed by atoms with Crippen LogP contribution in [0.3, 0.4) is 0 Å². The molecule has 0 saturated heterocycles. The Balaban J connectivity index is 2.40. The molecule has 0 amide bonds. The van der Waals surface area contributed by atoms with Crippen LogP contribution in [-0.4, -0.2) is 9.97 Å². The summed E-state index contributed by atoms with van der Waals surface area (Å²) >= 11 is 8.65. The first-order valence-corrected chi connectivity index (χ1v) is 6.26. The average molecular weight is 371 g/mol. The molecule has 0 spiro atoms. The van der Waals surface area contributed by atoms with E-state index >= 15 is 0 Å². The van der Waals surface area contributed by atoms with E-state index in [1.807, 2.05) is 0 Å². The van der Waals surface area contributed by atoms with Gasteiger partial charge in [0.2, 0.25) is 5.28 Å². The Morgan fingerprint density at radius 3 is 2.60 bits per heavy atom. The molecule has 0 fully saturated rings. The number of rotatable bonds is 2. The summed E-state index contributed by atoms with van der Waals surface area (Å²) < 4.78 is 51.6. The summed E-state index contributed by atoms with van der Waals surface area (Å²) in [4.78, 5) is 7.40. The lowest BCUT2D eigenvalue weighted by molar-refractivity contribution is -0.137. The zero-order chi connectivity index (χ0) is 14.9. The molecular formula is C11H5BrClF4N3. The third kappa shape index (κ3) is 3.37. The molecule has 2 aromatic rings. The van der Waals surface area contributed by atoms with E-state index in [0.717, 1.165) is 6.07 Å². The Morgan fingerprint density at radius 1 is 1.25 bits per heavy atom. The van der Waals surface area contributed by atoms with Crippen molar-refractivity contribution >= 4 is 39.0 Å². The molecule has 3 nitrogen and oxygen atoms in total. The summed E-state index contributed by atoms with van der Waals surface area (Å²) in [5, 5.41) is 2.31. The molecule has 1 aromatic carbocycles. The van der Waals surface area contributed by atoms with E-state index in [0.29, 0.717) is 16.6 Å². The van der Waals surface area contributed by atoms with Crippen LogP contribution in [0.2, 0.25) is 5.28 Å². The van der Waals surface area contributed by atoms with Crippen molar-refractivity contribution in [1.29, 1.82) is 0 Å². The first kappa shape index (κ1) is 15.0. The number of hydrogen-bond acceptors (Lipinski definition) is 3. The maximum atomic E-state index is 13.6. The third-order valence-electron chi connectivity index (χ3n) is 2.26. The van der Waals surface area contributed by atoms with Gasteiger partial charge in [0.05, 0.1) is 15.7 Å². The van der Waals surface area contributed by atoms with E-state index in [1.165, 1.54) is 6.20 Å². The second-order valence-electron chi connectivity index (χ2n) is 3.65. The van der Waals surface area contributed by atoms with Crippen LogP contribution in [0.25, 0.3) is 0 Å². The first-order valence-electron chi connectivity index (χ1n) is 5.09. The number of halogens is 6. The zero-order valence-corrected chi connectivity index (χ0v) is 11.8. The lowest BCUT2D eigenvalue weighted by Crippen LogP contribution is -2.07. The van der Waals surface area contributed by atoms with Crippen LogP contribution < -0.4 is 5.32 Å². The highest BCUT2D eigenvalue weighted by atomic mass is 79.9. The number of nitrogens with zero attached hydrogens (tertiary/aromatic N) is 2. The van der Waals surface area contributed by atoms with Crippen LogP contribution in [0.1, 0.15) is 5.56 Å². The van der Waals surface area contributed by atoms with Crippen molar-refractivity contribution < 1.29 is 17.6 Å². The predicted octanol–water partition coefficient (Wildman–Crippen LogP) is 4.79. The number of nitrogens with one attached hydrogen (secondary N) is 1. The van der Waals surface area contributed by atoms with Gasteiger partial charge in [-0.25, -0.2) is 9.37 Å². The smallest absolute Gasteiger partial charge is 0.337 e. The van der Waals surface area contributed by atoms with Gasteiger partial charge in [-0.1, -0.05) is 0 Å². The summed E-state index contributed by atoms with van der Waals surface area (Å²) in [6, 6.07) is 2.03. The fourth-order valence-corrected chi connectivity index (χ4v) is 1.78. The van der Waals surface area contributed by atoms with E-state index in [1.54, 1.807) is 0 Å². The number of anilines is 2. The number of benzene rings is 1. The van der Waals surface area contributed by atoms with Crippen LogP contribution in [0.5, 0.6) is 0 Å². The van der Waals surface area contributed by atoms with Gasteiger partial charge in [0, 0.05) is 6.20 Å². The van der Waals surface area contributed by atoms with Gasteiger partial charge in [-0.2, -0.15) is 18.2 Å². The van der Waals surface area contributed by atoms with Crippen LogP contribution in [0, 0.1) is 5.82 Å². The SMILES string of the molecule is Fc1ccc(C(F)(F)F)cc1Nc1nc(Cl)ncc1Br. The number of aromatic nitrogens is 2. The third-order valence-corrected chi connectivity index (χ3v) is 3.02. The van der Waals surface area contributed by atoms with Gasteiger partial charge in [0.15, 0.2) is 0 Å². The summed E-state index contributed by atoms with van der Waals surface area (Å²) in [7, 11) is 0. The van der Waals surface area contributed by atoms with Crippen molar-refractivity contribution in [3.63, 3.8) is 0 Å². The molecule has 106 valence electrons. The highest BCUT2D eigenvalue weighted by Crippen LogP contribution is 2.33. The lowest BCUT2D eigenvalue weighted by Gasteiger charge is -2.12. The van der Waals surface area contributed by atoms with Gasteiger partial charge in [-0.3, -0.25) is 0 Å². The van der Waals surface area contributed by atoms with Crippen molar-refractivity contribution in [1.82, 2.24) is 9.97 Å². The molecule has 0 bridgehead atoms. The van der Waals surface area contributed by atoms with Gasteiger partial charge in [0.25, 0.3) is 0 Å². The number of alkyl halides is 3. The minimum atomic E-state index is -4.56. The minimum Gasteiger partial charge on any atom is -0.337 e. The Bertz CT molecular complexity index is 648. The highest BCUT2D eigenvalue weighted by Gasteiger charge is 2.31. The molecule has 0 atom stereocenters. The molecule has 0 aliphatic heterocycles. The van der Waals surface area contributed by atoms with E-state index in [2.05, 4.69) is 31.2 Å². The molecule has 0 aliphatic rings. The molecule has 1 aromatic heterocycles. The van der Waals surface area contributed by atoms with Gasteiger partial charge >= 0.3 is 6.18 Å². The molecule has 1 heterocycles. The van der Waals surface area contributed by atoms with Crippen molar-refractivity contribution in [3.05, 3.63) is 45.5 Å². The standard InChI is InChI=1S/C11H5BrClF4N3/c12-6-4-18-10(13)20-9(6)19-8-3-5(11(15,16)17)1-2-7(8)14/h1-4H,(H,18,19,20). The van der Waals surface area contributed by atoms with E-state index < -0.39 is 17.6 Å². The quantitative estimate of drug-likeness (QED) is 0.610. The van der Waals surface area contributed by atoms with E-state index in [9.17, 15) is 17.6 Å². The van der Waals surface area contributed by atoms with Crippen molar-refractivity contribution in [2.45, 2.75) is 6.18 Å². The minimum absolute atomic E-state index is 0.0585. The molecular weight excluding hydrogens is 365 g/mol. The normalized spacial score (nSPS) is 11.5. The fraction of sp³-hybridized carbons (Fsp3) is 0.0909. The monoisotopic (exact) mass is 369 g/mol. The molecule has 9 heteroatoms. The second-order valence-corrected chi connectivity index (χ2v) is 4.85. The Hall–Kier alpha value is -1.41. The maximum Gasteiger partial charge on any atom is 0.416 e. The second kappa shape index (κ2) is 5.53. The zero-order valence-electron chi connectivity index (χ0n) is 9.47. The van der Waals surface area contributed by atoms with Gasteiger partial charge in [0.1, 0.15) is 11.6 Å². The Morgan fingerprint density at radius 2 is 1.95 bits per heavy atom. The van der Waals surface area contributed by atoms with Crippen LogP contribution in [-0.2, 0) is 6.18 Å². The Labute approximate surface area is 124 Å². The van der Waals surface area contributed by atoms with Crippen LogP contribution in [0.4, 0.5) is 29.1 Å². The topological polar surface area (TPSA) is 37.8 Å². The summed E-state index contributed by atoms with van der Waals surface area (Å²) in [6.45, 7) is 0. The fourth-order valence-electron chi connectivity index (χ4n) is 1.36. The van der Waals surface area contributed by atoms with E-state index in [-0.39, 0.29) is 16.8 Å². The largest absolute Gasteiger partial charge is 0.416 e. The summed E-state index contributed by atoms with van der Waals surface area (Å²) in [5.41, 5.74) is -1.34. The van der Waals surface area contributed by atoms with Crippen molar-refractivity contribution in [2.75, 3.05) is 5.32 Å². The molecule has 20 heavy (non-hydrogen) atoms. The molecule has 0 aliphatic carbocycles. The van der Waals surface area contributed by atoms with Gasteiger partial charge in [-0.15, -0.1) is 0 Å². The molecule has 2 rings (SSSR count). The highest BCUT2D eigenvalue weighted by molar-refractivity contribution is 9.10. The summed E-state index contributed by atoms with van der Waals surface area (Å²) in [6.07, 6.45) is -3.27. The summed E-state index contributed by atoms with van der Waals surface area (Å²) in [5.74, 6) is -0.789. The first-order chi connectivity index (χ1) is 9.27. The van der Waals surface area contributed by atoms with Gasteiger partial charge < -0.3 is 5.32 Å². The lowest BCUT2D eigenvalue weighted by atomic mass is 10.2.